The summed E-state index contributed by atoms with van der Waals surface area (Å²) in [6.07, 6.45) is 3.88. The predicted octanol–water partition coefficient (Wildman–Crippen LogP) is 3.52. The van der Waals surface area contributed by atoms with Crippen LogP contribution in [0.1, 0.15) is 52.3 Å². The third-order valence-electron chi connectivity index (χ3n) is 3.62. The Kier molecular flexibility index (Phi) is 6.50. The van der Waals surface area contributed by atoms with Crippen molar-refractivity contribution in [3.05, 3.63) is 16.4 Å². The van der Waals surface area contributed by atoms with E-state index in [2.05, 4.69) is 51.8 Å². The third kappa shape index (κ3) is 3.58. The molecular weight excluding hydrogens is 306 g/mol. The Labute approximate surface area is 125 Å². The minimum absolute atomic E-state index is 0.112. The number of halogens is 1. The second kappa shape index (κ2) is 7.41. The van der Waals surface area contributed by atoms with Crippen LogP contribution in [0.25, 0.3) is 0 Å². The molecular formula is C14H26BrN3O. The summed E-state index contributed by atoms with van der Waals surface area (Å²) in [6.45, 7) is 10.2. The molecule has 0 aliphatic carbocycles. The van der Waals surface area contributed by atoms with Crippen molar-refractivity contribution in [1.29, 1.82) is 0 Å². The Bertz CT molecular complexity index is 394. The van der Waals surface area contributed by atoms with Gasteiger partial charge in [-0.15, -0.1) is 0 Å². The zero-order valence-electron chi connectivity index (χ0n) is 12.7. The summed E-state index contributed by atoms with van der Waals surface area (Å²) in [5, 5.41) is 7.86. The molecule has 2 unspecified atom stereocenters. The van der Waals surface area contributed by atoms with Crippen LogP contribution in [0, 0.1) is 0 Å². The largest absolute Gasteiger partial charge is 0.374 e. The van der Waals surface area contributed by atoms with E-state index in [1.54, 1.807) is 0 Å². The van der Waals surface area contributed by atoms with Gasteiger partial charge in [-0.1, -0.05) is 13.8 Å². The average molecular weight is 332 g/mol. The molecule has 19 heavy (non-hydrogen) atoms. The molecule has 2 atom stereocenters. The van der Waals surface area contributed by atoms with Gasteiger partial charge in [-0.2, -0.15) is 5.10 Å². The van der Waals surface area contributed by atoms with Gasteiger partial charge >= 0.3 is 0 Å². The Morgan fingerprint density at radius 3 is 2.63 bits per heavy atom. The van der Waals surface area contributed by atoms with E-state index in [4.69, 9.17) is 4.74 Å². The van der Waals surface area contributed by atoms with Crippen LogP contribution in [0.15, 0.2) is 10.7 Å². The molecule has 0 bridgehead atoms. The Balaban J connectivity index is 3.18. The summed E-state index contributed by atoms with van der Waals surface area (Å²) in [4.78, 5) is 0. The standard InChI is InChI=1S/C14H26BrN3O/c1-6-9-18-12(11(15)10-17-18)13(16-5)14(4,7-2)19-8-3/h10,13,16H,6-9H2,1-5H3. The van der Waals surface area contributed by atoms with Gasteiger partial charge in [0.15, 0.2) is 0 Å². The molecule has 1 aromatic heterocycles. The summed E-state index contributed by atoms with van der Waals surface area (Å²) in [6, 6.07) is 0.112. The maximum Gasteiger partial charge on any atom is 0.0861 e. The van der Waals surface area contributed by atoms with Gasteiger partial charge in [0.25, 0.3) is 0 Å². The van der Waals surface area contributed by atoms with E-state index >= 15 is 0 Å². The van der Waals surface area contributed by atoms with E-state index in [-0.39, 0.29) is 11.6 Å². The molecule has 0 aliphatic rings. The van der Waals surface area contributed by atoms with E-state index in [0.717, 1.165) is 23.9 Å². The summed E-state index contributed by atoms with van der Waals surface area (Å²) in [5.41, 5.74) is 0.930. The Morgan fingerprint density at radius 2 is 2.16 bits per heavy atom. The van der Waals surface area contributed by atoms with E-state index in [1.165, 1.54) is 5.69 Å². The number of ether oxygens (including phenoxy) is 1. The van der Waals surface area contributed by atoms with E-state index in [0.29, 0.717) is 6.61 Å². The number of aryl methyl sites for hydroxylation is 1. The lowest BCUT2D eigenvalue weighted by Crippen LogP contribution is -2.43. The molecule has 5 heteroatoms. The maximum absolute atomic E-state index is 6.02. The van der Waals surface area contributed by atoms with Crippen molar-refractivity contribution in [1.82, 2.24) is 15.1 Å². The molecule has 0 saturated heterocycles. The first-order valence-electron chi connectivity index (χ1n) is 7.06. The van der Waals surface area contributed by atoms with E-state index in [9.17, 15) is 0 Å². The first-order valence-corrected chi connectivity index (χ1v) is 7.85. The van der Waals surface area contributed by atoms with Crippen molar-refractivity contribution >= 4 is 15.9 Å². The van der Waals surface area contributed by atoms with Crippen LogP contribution < -0.4 is 5.32 Å². The quantitative estimate of drug-likeness (QED) is 0.792. The van der Waals surface area contributed by atoms with Gasteiger partial charge in [-0.25, -0.2) is 0 Å². The number of nitrogens with one attached hydrogen (secondary N) is 1. The summed E-state index contributed by atoms with van der Waals surface area (Å²) < 4.78 is 9.13. The number of hydrogen-bond acceptors (Lipinski definition) is 3. The van der Waals surface area contributed by atoms with Crippen LogP contribution in [-0.2, 0) is 11.3 Å². The average Bonchev–Trinajstić information content (AvgIpc) is 2.73. The topological polar surface area (TPSA) is 39.1 Å². The number of rotatable bonds is 8. The molecule has 110 valence electrons. The minimum atomic E-state index is -0.239. The highest BCUT2D eigenvalue weighted by atomic mass is 79.9. The van der Waals surface area contributed by atoms with Crippen LogP contribution in [0.3, 0.4) is 0 Å². The van der Waals surface area contributed by atoms with Gasteiger partial charge in [0, 0.05) is 13.2 Å². The zero-order valence-corrected chi connectivity index (χ0v) is 14.2. The van der Waals surface area contributed by atoms with Gasteiger partial charge in [-0.05, 0) is 49.7 Å². The molecule has 0 saturated carbocycles. The Morgan fingerprint density at radius 1 is 1.47 bits per heavy atom. The van der Waals surface area contributed by atoms with Crippen molar-refractivity contribution in [2.75, 3.05) is 13.7 Å². The van der Waals surface area contributed by atoms with Gasteiger partial charge in [0.05, 0.1) is 28.0 Å². The lowest BCUT2D eigenvalue weighted by molar-refractivity contribution is -0.0567. The number of aromatic nitrogens is 2. The highest BCUT2D eigenvalue weighted by molar-refractivity contribution is 9.10. The molecule has 4 nitrogen and oxygen atoms in total. The fraction of sp³-hybridized carbons (Fsp3) is 0.786. The molecule has 1 aromatic rings. The van der Waals surface area contributed by atoms with Crippen LogP contribution >= 0.6 is 15.9 Å². The third-order valence-corrected chi connectivity index (χ3v) is 4.23. The van der Waals surface area contributed by atoms with Crippen molar-refractivity contribution in [3.8, 4) is 0 Å². The highest BCUT2D eigenvalue weighted by Crippen LogP contribution is 2.35. The monoisotopic (exact) mass is 331 g/mol. The molecule has 1 heterocycles. The molecule has 1 N–H and O–H groups in total. The predicted molar refractivity (Wildman–Crippen MR) is 82.3 cm³/mol. The van der Waals surface area contributed by atoms with Crippen LogP contribution in [-0.4, -0.2) is 29.0 Å². The molecule has 0 fully saturated rings. The lowest BCUT2D eigenvalue weighted by atomic mass is 9.90. The maximum atomic E-state index is 6.02. The van der Waals surface area contributed by atoms with Crippen LogP contribution in [0.4, 0.5) is 0 Å². The summed E-state index contributed by atoms with van der Waals surface area (Å²) in [7, 11) is 1.98. The highest BCUT2D eigenvalue weighted by Gasteiger charge is 2.36. The van der Waals surface area contributed by atoms with Crippen LogP contribution in [0.2, 0.25) is 0 Å². The molecule has 0 aliphatic heterocycles. The van der Waals surface area contributed by atoms with E-state index < -0.39 is 0 Å². The molecule has 0 radical (unpaired) electrons. The fourth-order valence-electron chi connectivity index (χ4n) is 2.50. The fourth-order valence-corrected chi connectivity index (χ4v) is 3.02. The summed E-state index contributed by atoms with van der Waals surface area (Å²) >= 11 is 3.62. The summed E-state index contributed by atoms with van der Waals surface area (Å²) in [5.74, 6) is 0. The number of likely N-dealkylation sites (N-methyl/N-ethyl adjacent to an activating group) is 1. The lowest BCUT2D eigenvalue weighted by Gasteiger charge is -2.37. The van der Waals surface area contributed by atoms with Gasteiger partial charge < -0.3 is 10.1 Å². The van der Waals surface area contributed by atoms with Crippen molar-refractivity contribution in [3.63, 3.8) is 0 Å². The second-order valence-electron chi connectivity index (χ2n) is 4.92. The molecule has 0 spiro atoms. The minimum Gasteiger partial charge on any atom is -0.374 e. The first-order chi connectivity index (χ1) is 9.03. The molecule has 0 aromatic carbocycles. The van der Waals surface area contributed by atoms with Crippen molar-refractivity contribution < 1.29 is 4.74 Å². The molecule has 0 amide bonds. The van der Waals surface area contributed by atoms with Crippen molar-refractivity contribution in [2.45, 2.75) is 58.7 Å². The first kappa shape index (κ1) is 16.7. The van der Waals surface area contributed by atoms with Gasteiger partial charge in [-0.3, -0.25) is 4.68 Å². The normalized spacial score (nSPS) is 16.3. The van der Waals surface area contributed by atoms with E-state index in [1.807, 2.05) is 20.2 Å². The zero-order chi connectivity index (χ0) is 14.5. The van der Waals surface area contributed by atoms with Gasteiger partial charge in [0.1, 0.15) is 0 Å². The van der Waals surface area contributed by atoms with Crippen molar-refractivity contribution in [2.24, 2.45) is 0 Å². The molecule has 1 rings (SSSR count). The Hall–Kier alpha value is -0.390. The number of nitrogens with zero attached hydrogens (tertiary/aromatic N) is 2. The van der Waals surface area contributed by atoms with Gasteiger partial charge in [0.2, 0.25) is 0 Å². The second-order valence-corrected chi connectivity index (χ2v) is 5.78. The smallest absolute Gasteiger partial charge is 0.0861 e. The SMILES string of the molecule is CCCn1ncc(Br)c1C(NC)C(C)(CC)OCC. The number of hydrogen-bond donors (Lipinski definition) is 1. The van der Waals surface area contributed by atoms with Crippen LogP contribution in [0.5, 0.6) is 0 Å².